The summed E-state index contributed by atoms with van der Waals surface area (Å²) in [5.41, 5.74) is 2.48. The fraction of sp³-hybridized carbons (Fsp3) is 0.333. The van der Waals surface area contributed by atoms with Crippen LogP contribution in [0.5, 0.6) is 0 Å². The molecule has 26 heavy (non-hydrogen) atoms. The van der Waals surface area contributed by atoms with Crippen molar-refractivity contribution < 1.29 is 4.79 Å². The first-order valence-electron chi connectivity index (χ1n) is 8.49. The highest BCUT2D eigenvalue weighted by Gasteiger charge is 2.24. The van der Waals surface area contributed by atoms with Gasteiger partial charge in [0.05, 0.1) is 11.4 Å². The average Bonchev–Trinajstić information content (AvgIpc) is 3.25. The predicted molar refractivity (Wildman–Crippen MR) is 98.9 cm³/mol. The molecule has 0 aromatic carbocycles. The molecule has 3 heterocycles. The highest BCUT2D eigenvalue weighted by Crippen LogP contribution is 2.23. The van der Waals surface area contributed by atoms with Crippen molar-refractivity contribution >= 4 is 17.2 Å². The minimum atomic E-state index is -0.120. The molecule has 1 unspecified atom stereocenters. The van der Waals surface area contributed by atoms with Crippen molar-refractivity contribution in [3.05, 3.63) is 62.8 Å². The zero-order chi connectivity index (χ0) is 18.3. The standard InChI is InChI=1S/C18H19N5O2S/c1-11-16(26-18(19-11)23-7-3-4-8-23)17(25)20-13-5-6-14-12(9-13)10-15(24)22(2)21-14/h3-4,7-8,10,13H,5-6,9H2,1-2H3,(H,20,25). The van der Waals surface area contributed by atoms with Gasteiger partial charge >= 0.3 is 0 Å². The van der Waals surface area contributed by atoms with Gasteiger partial charge in [0.25, 0.3) is 11.5 Å². The molecule has 0 saturated carbocycles. The lowest BCUT2D eigenvalue weighted by atomic mass is 9.92. The van der Waals surface area contributed by atoms with Crippen LogP contribution in [0.2, 0.25) is 0 Å². The van der Waals surface area contributed by atoms with Crippen LogP contribution in [-0.2, 0) is 19.9 Å². The third-order valence-electron chi connectivity index (χ3n) is 4.61. The van der Waals surface area contributed by atoms with Crippen molar-refractivity contribution in [2.45, 2.75) is 32.2 Å². The molecule has 0 aliphatic heterocycles. The lowest BCUT2D eigenvalue weighted by molar-refractivity contribution is 0.0936. The summed E-state index contributed by atoms with van der Waals surface area (Å²) in [5.74, 6) is -0.108. The number of fused-ring (bicyclic) bond motifs is 1. The number of thiazole rings is 1. The number of hydrogen-bond donors (Lipinski definition) is 1. The molecule has 1 aliphatic rings. The van der Waals surface area contributed by atoms with Crippen molar-refractivity contribution in [3.63, 3.8) is 0 Å². The Balaban J connectivity index is 1.50. The minimum absolute atomic E-state index is 0.000402. The number of nitrogens with one attached hydrogen (secondary N) is 1. The van der Waals surface area contributed by atoms with Crippen LogP contribution < -0.4 is 10.9 Å². The van der Waals surface area contributed by atoms with Gasteiger partial charge in [-0.15, -0.1) is 0 Å². The van der Waals surface area contributed by atoms with Crippen LogP contribution in [0.25, 0.3) is 5.13 Å². The van der Waals surface area contributed by atoms with Crippen LogP contribution in [0.15, 0.2) is 35.4 Å². The van der Waals surface area contributed by atoms with Gasteiger partial charge in [0, 0.05) is 31.5 Å². The Morgan fingerprint density at radius 3 is 2.88 bits per heavy atom. The van der Waals surface area contributed by atoms with Crippen molar-refractivity contribution in [1.29, 1.82) is 0 Å². The number of rotatable bonds is 3. The Hall–Kier alpha value is -2.74. The molecule has 1 amide bonds. The Morgan fingerprint density at radius 2 is 2.12 bits per heavy atom. The zero-order valence-electron chi connectivity index (χ0n) is 14.6. The van der Waals surface area contributed by atoms with Gasteiger partial charge in [0.1, 0.15) is 4.88 Å². The molecule has 1 atom stereocenters. The fourth-order valence-corrected chi connectivity index (χ4v) is 4.16. The van der Waals surface area contributed by atoms with Crippen LogP contribution in [0.4, 0.5) is 0 Å². The van der Waals surface area contributed by atoms with E-state index in [1.807, 2.05) is 36.0 Å². The molecule has 0 spiro atoms. The second-order valence-electron chi connectivity index (χ2n) is 6.49. The molecule has 0 bridgehead atoms. The van der Waals surface area contributed by atoms with E-state index < -0.39 is 0 Å². The van der Waals surface area contributed by atoms with Crippen LogP contribution >= 0.6 is 11.3 Å². The van der Waals surface area contributed by atoms with E-state index in [1.54, 1.807) is 13.1 Å². The molecule has 4 rings (SSSR count). The second kappa shape index (κ2) is 6.53. The van der Waals surface area contributed by atoms with Gasteiger partial charge in [-0.3, -0.25) is 9.59 Å². The van der Waals surface area contributed by atoms with Crippen molar-refractivity contribution in [2.24, 2.45) is 7.05 Å². The lowest BCUT2D eigenvalue weighted by Gasteiger charge is -2.24. The highest BCUT2D eigenvalue weighted by molar-refractivity contribution is 7.16. The maximum atomic E-state index is 12.7. The monoisotopic (exact) mass is 369 g/mol. The summed E-state index contributed by atoms with van der Waals surface area (Å²) in [6.07, 6.45) is 6.01. The summed E-state index contributed by atoms with van der Waals surface area (Å²) < 4.78 is 3.26. The third kappa shape index (κ3) is 3.08. The molecule has 0 radical (unpaired) electrons. The normalized spacial score (nSPS) is 16.3. The van der Waals surface area contributed by atoms with E-state index in [9.17, 15) is 9.59 Å². The number of amides is 1. The number of carbonyl (C=O) groups excluding carboxylic acids is 1. The molecule has 7 nitrogen and oxygen atoms in total. The molecular formula is C18H19N5O2S. The molecule has 0 fully saturated rings. The summed E-state index contributed by atoms with van der Waals surface area (Å²) in [7, 11) is 1.66. The predicted octanol–water partition coefficient (Wildman–Crippen LogP) is 1.62. The highest BCUT2D eigenvalue weighted by atomic mass is 32.1. The first-order valence-corrected chi connectivity index (χ1v) is 9.30. The molecular weight excluding hydrogens is 350 g/mol. The summed E-state index contributed by atoms with van der Waals surface area (Å²) in [4.78, 5) is 29.6. The Kier molecular flexibility index (Phi) is 4.20. The van der Waals surface area contributed by atoms with E-state index in [0.717, 1.165) is 34.9 Å². The van der Waals surface area contributed by atoms with Gasteiger partial charge in [0.2, 0.25) is 0 Å². The third-order valence-corrected chi connectivity index (χ3v) is 5.78. The molecule has 3 aromatic rings. The summed E-state index contributed by atoms with van der Waals surface area (Å²) in [5, 5.41) is 8.18. The Labute approximate surface area is 154 Å². The smallest absolute Gasteiger partial charge is 0.266 e. The van der Waals surface area contributed by atoms with E-state index in [1.165, 1.54) is 16.0 Å². The average molecular weight is 369 g/mol. The fourth-order valence-electron chi connectivity index (χ4n) is 3.23. The van der Waals surface area contributed by atoms with Gasteiger partial charge in [-0.25, -0.2) is 9.67 Å². The molecule has 1 N–H and O–H groups in total. The van der Waals surface area contributed by atoms with Gasteiger partial charge in [0.15, 0.2) is 5.13 Å². The van der Waals surface area contributed by atoms with Crippen molar-refractivity contribution in [1.82, 2.24) is 24.6 Å². The minimum Gasteiger partial charge on any atom is -0.348 e. The molecule has 8 heteroatoms. The van der Waals surface area contributed by atoms with Gasteiger partial charge < -0.3 is 9.88 Å². The Morgan fingerprint density at radius 1 is 1.35 bits per heavy atom. The summed E-state index contributed by atoms with van der Waals surface area (Å²) in [6.45, 7) is 1.85. The molecule has 3 aromatic heterocycles. The van der Waals surface area contributed by atoms with Crippen LogP contribution in [-0.4, -0.2) is 31.3 Å². The largest absolute Gasteiger partial charge is 0.348 e. The topological polar surface area (TPSA) is 81.8 Å². The Bertz CT molecular complexity index is 1020. The summed E-state index contributed by atoms with van der Waals surface area (Å²) in [6, 6.07) is 5.48. The first kappa shape index (κ1) is 16.7. The SMILES string of the molecule is Cc1nc(-n2cccc2)sc1C(=O)NC1CCc2nn(C)c(=O)cc2C1. The first-order chi connectivity index (χ1) is 12.5. The van der Waals surface area contributed by atoms with Crippen LogP contribution in [0.3, 0.4) is 0 Å². The van der Waals surface area contributed by atoms with Gasteiger partial charge in [-0.05, 0) is 43.9 Å². The number of aromatic nitrogens is 4. The summed E-state index contributed by atoms with van der Waals surface area (Å²) >= 11 is 1.38. The number of aryl methyl sites for hydroxylation is 3. The maximum Gasteiger partial charge on any atom is 0.266 e. The van der Waals surface area contributed by atoms with E-state index in [2.05, 4.69) is 15.4 Å². The van der Waals surface area contributed by atoms with Gasteiger partial charge in [-0.1, -0.05) is 11.3 Å². The lowest BCUT2D eigenvalue weighted by Crippen LogP contribution is -2.40. The van der Waals surface area contributed by atoms with E-state index in [4.69, 9.17) is 0 Å². The van der Waals surface area contributed by atoms with E-state index >= 15 is 0 Å². The van der Waals surface area contributed by atoms with E-state index in [-0.39, 0.29) is 17.5 Å². The number of hydrogen-bond acceptors (Lipinski definition) is 5. The molecule has 134 valence electrons. The van der Waals surface area contributed by atoms with E-state index in [0.29, 0.717) is 11.3 Å². The quantitative estimate of drug-likeness (QED) is 0.761. The van der Waals surface area contributed by atoms with Crippen molar-refractivity contribution in [2.75, 3.05) is 0 Å². The maximum absolute atomic E-state index is 12.7. The second-order valence-corrected chi connectivity index (χ2v) is 7.47. The van der Waals surface area contributed by atoms with Crippen LogP contribution in [0, 0.1) is 6.92 Å². The zero-order valence-corrected chi connectivity index (χ0v) is 15.4. The number of nitrogens with zero attached hydrogens (tertiary/aromatic N) is 4. The van der Waals surface area contributed by atoms with Crippen molar-refractivity contribution in [3.8, 4) is 5.13 Å². The van der Waals surface area contributed by atoms with Gasteiger partial charge in [-0.2, -0.15) is 5.10 Å². The molecule has 1 aliphatic carbocycles. The van der Waals surface area contributed by atoms with Crippen LogP contribution in [0.1, 0.15) is 33.0 Å². The number of carbonyl (C=O) groups is 1. The molecule has 0 saturated heterocycles.